The Hall–Kier alpha value is -7.82. The van der Waals surface area contributed by atoms with E-state index >= 15 is 0 Å². The van der Waals surface area contributed by atoms with E-state index in [0.717, 1.165) is 61.0 Å². The number of hydrogen-bond acceptors (Lipinski definition) is 1. The van der Waals surface area contributed by atoms with Gasteiger partial charge in [-0.1, -0.05) is 115 Å². The van der Waals surface area contributed by atoms with Crippen molar-refractivity contribution in [3.63, 3.8) is 0 Å². The molecule has 0 radical (unpaired) electrons. The van der Waals surface area contributed by atoms with E-state index in [4.69, 9.17) is 4.42 Å². The molecule has 9 aromatic carbocycles. The van der Waals surface area contributed by atoms with Crippen LogP contribution in [-0.2, 0) is 0 Å². The first-order valence-electron chi connectivity index (χ1n) is 19.9. The molecule has 0 N–H and O–H groups in total. The highest BCUT2D eigenvalue weighted by atomic mass is 16.3. The van der Waals surface area contributed by atoms with Gasteiger partial charge in [-0.15, -0.1) is 0 Å². The smallest absolute Gasteiger partial charge is 0.146 e. The molecular formula is C54H33N3O. The molecule has 0 fully saturated rings. The van der Waals surface area contributed by atoms with Crippen LogP contribution in [0.4, 0.5) is 0 Å². The second-order valence-corrected chi connectivity index (χ2v) is 15.3. The third-order valence-corrected chi connectivity index (χ3v) is 12.2. The van der Waals surface area contributed by atoms with E-state index in [2.05, 4.69) is 214 Å². The van der Waals surface area contributed by atoms with Gasteiger partial charge in [0, 0.05) is 54.8 Å². The Morgan fingerprint density at radius 1 is 0.310 bits per heavy atom. The highest BCUT2D eigenvalue weighted by Gasteiger charge is 2.26. The molecule has 0 unspecified atom stereocenters. The van der Waals surface area contributed by atoms with E-state index in [0.29, 0.717) is 0 Å². The summed E-state index contributed by atoms with van der Waals surface area (Å²) in [5.41, 5.74) is 14.5. The molecule has 0 bridgehead atoms. The summed E-state index contributed by atoms with van der Waals surface area (Å²) in [6, 6.07) is 72.3. The minimum Gasteiger partial charge on any atom is -0.455 e. The summed E-state index contributed by atoms with van der Waals surface area (Å²) < 4.78 is 14.3. The van der Waals surface area contributed by atoms with Crippen molar-refractivity contribution in [2.24, 2.45) is 0 Å². The van der Waals surface area contributed by atoms with Crippen LogP contribution in [0.3, 0.4) is 0 Å². The van der Waals surface area contributed by atoms with E-state index < -0.39 is 0 Å². The van der Waals surface area contributed by atoms with Gasteiger partial charge in [-0.3, -0.25) is 0 Å². The molecule has 4 aromatic heterocycles. The molecule has 0 aliphatic carbocycles. The molecule has 0 saturated heterocycles. The molecule has 270 valence electrons. The average Bonchev–Trinajstić information content (AvgIpc) is 4.03. The molecular weight excluding hydrogens is 707 g/mol. The van der Waals surface area contributed by atoms with Gasteiger partial charge in [0.1, 0.15) is 11.2 Å². The number of fused-ring (bicyclic) bond motifs is 14. The number of hydrogen-bond donors (Lipinski definition) is 0. The molecule has 0 amide bonds. The molecule has 13 rings (SSSR count). The first-order valence-corrected chi connectivity index (χ1v) is 19.9. The molecule has 4 nitrogen and oxygen atoms in total. The van der Waals surface area contributed by atoms with Crippen molar-refractivity contribution in [2.45, 2.75) is 0 Å². The normalized spacial score (nSPS) is 12.1. The quantitative estimate of drug-likeness (QED) is 0.177. The summed E-state index contributed by atoms with van der Waals surface area (Å²) in [5, 5.41) is 9.42. The molecule has 58 heavy (non-hydrogen) atoms. The summed E-state index contributed by atoms with van der Waals surface area (Å²) >= 11 is 0. The van der Waals surface area contributed by atoms with Crippen molar-refractivity contribution in [3.8, 4) is 28.2 Å². The van der Waals surface area contributed by atoms with Crippen molar-refractivity contribution in [2.75, 3.05) is 0 Å². The second kappa shape index (κ2) is 11.8. The Kier molecular flexibility index (Phi) is 6.41. The molecule has 0 aliphatic heterocycles. The standard InChI is InChI=1S/C54H33N3O/c1-4-16-35(17-5-1)55-44-25-13-10-22-38(44)43-32-34(28-30-46(43)55)42-33-48-52(54-50(42)40-24-12-15-27-49(40)58-54)41-29-31-47-51(53(41)57(48)37-20-8-3-9-21-37)39-23-11-14-26-45(39)56(47)36-18-6-2-7-19-36/h1-33H. The lowest BCUT2D eigenvalue weighted by Gasteiger charge is -2.12. The Bertz CT molecular complexity index is 3770. The van der Waals surface area contributed by atoms with Crippen LogP contribution in [0.5, 0.6) is 0 Å². The van der Waals surface area contributed by atoms with Crippen LogP contribution in [0.15, 0.2) is 205 Å². The van der Waals surface area contributed by atoms with Crippen LogP contribution >= 0.6 is 0 Å². The van der Waals surface area contributed by atoms with Crippen molar-refractivity contribution < 1.29 is 4.42 Å². The monoisotopic (exact) mass is 739 g/mol. The zero-order valence-electron chi connectivity index (χ0n) is 31.3. The predicted octanol–water partition coefficient (Wildman–Crippen LogP) is 14.5. The van der Waals surface area contributed by atoms with Gasteiger partial charge < -0.3 is 18.1 Å². The number of furan rings is 1. The minimum atomic E-state index is 0.885. The van der Waals surface area contributed by atoms with Crippen LogP contribution < -0.4 is 0 Å². The van der Waals surface area contributed by atoms with Gasteiger partial charge in [-0.2, -0.15) is 0 Å². The number of aromatic nitrogens is 3. The lowest BCUT2D eigenvalue weighted by molar-refractivity contribution is 0.673. The fourth-order valence-electron chi connectivity index (χ4n) is 9.84. The molecule has 0 aliphatic rings. The number of para-hydroxylation sites is 6. The zero-order valence-corrected chi connectivity index (χ0v) is 31.3. The first kappa shape index (κ1) is 31.4. The van der Waals surface area contributed by atoms with E-state index in [1.807, 2.05) is 0 Å². The maximum Gasteiger partial charge on any atom is 0.146 e. The second-order valence-electron chi connectivity index (χ2n) is 15.3. The van der Waals surface area contributed by atoms with Crippen LogP contribution in [0, 0.1) is 0 Å². The molecule has 13 aromatic rings. The highest BCUT2D eigenvalue weighted by Crippen LogP contribution is 2.49. The molecule has 0 saturated carbocycles. The Balaban J connectivity index is 1.21. The van der Waals surface area contributed by atoms with Gasteiger partial charge >= 0.3 is 0 Å². The van der Waals surface area contributed by atoms with Crippen molar-refractivity contribution in [1.29, 1.82) is 0 Å². The van der Waals surface area contributed by atoms with Crippen LogP contribution in [0.2, 0.25) is 0 Å². The van der Waals surface area contributed by atoms with Crippen LogP contribution in [0.25, 0.3) is 116 Å². The van der Waals surface area contributed by atoms with Crippen LogP contribution in [-0.4, -0.2) is 13.7 Å². The first-order chi connectivity index (χ1) is 28.8. The number of rotatable bonds is 4. The third kappa shape index (κ3) is 4.23. The molecule has 0 spiro atoms. The maximum absolute atomic E-state index is 7.06. The zero-order chi connectivity index (χ0) is 37.9. The number of nitrogens with zero attached hydrogens (tertiary/aromatic N) is 3. The fraction of sp³-hybridized carbons (Fsp3) is 0. The van der Waals surface area contributed by atoms with E-state index in [-0.39, 0.29) is 0 Å². The van der Waals surface area contributed by atoms with Crippen LogP contribution in [0.1, 0.15) is 0 Å². The van der Waals surface area contributed by atoms with E-state index in [1.165, 1.54) is 54.5 Å². The van der Waals surface area contributed by atoms with E-state index in [9.17, 15) is 0 Å². The fourth-order valence-corrected chi connectivity index (χ4v) is 9.84. The Morgan fingerprint density at radius 2 is 0.845 bits per heavy atom. The van der Waals surface area contributed by atoms with Crippen molar-refractivity contribution in [1.82, 2.24) is 13.7 Å². The average molecular weight is 740 g/mol. The van der Waals surface area contributed by atoms with E-state index in [1.54, 1.807) is 0 Å². The summed E-state index contributed by atoms with van der Waals surface area (Å²) in [6.07, 6.45) is 0. The Morgan fingerprint density at radius 3 is 1.55 bits per heavy atom. The SMILES string of the molecule is c1ccc(-n2c3ccccc3c3cc(-c4cc5c(c6ccc7c(c8ccccc8n7-c7ccccc7)c6n5-c5ccccc5)c5oc6ccccc6c45)ccc32)cc1. The largest absolute Gasteiger partial charge is 0.455 e. The maximum atomic E-state index is 7.06. The predicted molar refractivity (Wildman–Crippen MR) is 242 cm³/mol. The van der Waals surface area contributed by atoms with Gasteiger partial charge in [0.2, 0.25) is 0 Å². The van der Waals surface area contributed by atoms with Gasteiger partial charge in [-0.25, -0.2) is 0 Å². The third-order valence-electron chi connectivity index (χ3n) is 12.2. The number of benzene rings is 9. The lowest BCUT2D eigenvalue weighted by atomic mass is 9.95. The molecule has 0 atom stereocenters. The van der Waals surface area contributed by atoms with Crippen molar-refractivity contribution >= 4 is 87.4 Å². The summed E-state index contributed by atoms with van der Waals surface area (Å²) in [4.78, 5) is 0. The molecule has 4 heteroatoms. The highest BCUT2D eigenvalue weighted by molar-refractivity contribution is 6.33. The summed E-state index contributed by atoms with van der Waals surface area (Å²) in [5.74, 6) is 0. The van der Waals surface area contributed by atoms with Gasteiger partial charge in [0.05, 0.1) is 38.5 Å². The van der Waals surface area contributed by atoms with Crippen molar-refractivity contribution in [3.05, 3.63) is 200 Å². The van der Waals surface area contributed by atoms with Gasteiger partial charge in [0.15, 0.2) is 0 Å². The minimum absolute atomic E-state index is 0.885. The van der Waals surface area contributed by atoms with Gasteiger partial charge in [-0.05, 0) is 96.1 Å². The lowest BCUT2D eigenvalue weighted by Crippen LogP contribution is -1.95. The molecule has 4 heterocycles. The van der Waals surface area contributed by atoms with Gasteiger partial charge in [0.25, 0.3) is 0 Å². The topological polar surface area (TPSA) is 27.9 Å². The summed E-state index contributed by atoms with van der Waals surface area (Å²) in [7, 11) is 0. The summed E-state index contributed by atoms with van der Waals surface area (Å²) in [6.45, 7) is 0. The Labute approximate surface area is 332 Å².